The maximum absolute atomic E-state index is 13.4. The molecule has 0 spiro atoms. The SMILES string of the molecule is Cc1cccc(-c2ccc(-n3ccc(C(F)(F)F)n3)c(-c3oc(C(C)C)nc3-c3ccc(OC(F)(F)F)cc3)c2)c1. The Labute approximate surface area is 231 Å². The van der Waals surface area contributed by atoms with Crippen LogP contribution in [0.25, 0.3) is 39.4 Å². The van der Waals surface area contributed by atoms with Crippen molar-refractivity contribution in [2.45, 2.75) is 39.2 Å². The lowest BCUT2D eigenvalue weighted by atomic mass is 9.97. The molecule has 5 aromatic rings. The Balaban J connectivity index is 1.71. The van der Waals surface area contributed by atoms with Gasteiger partial charge in [0.15, 0.2) is 17.3 Å². The standard InChI is InChI=1S/C30H23F6N3O2/c1-17(2)28-37-26(19-7-10-22(11-8-19)41-30(34,35)36)27(40-28)23-16-21(20-6-4-5-18(3)15-20)9-12-24(23)39-14-13-25(38-39)29(31,32)33/h4-17H,1-3H3. The van der Waals surface area contributed by atoms with Gasteiger partial charge in [0.1, 0.15) is 11.4 Å². The Morgan fingerprint density at radius 2 is 1.51 bits per heavy atom. The van der Waals surface area contributed by atoms with Crippen LogP contribution in [-0.2, 0) is 6.18 Å². The van der Waals surface area contributed by atoms with Crippen molar-refractivity contribution in [2.24, 2.45) is 0 Å². The van der Waals surface area contributed by atoms with Gasteiger partial charge in [-0.25, -0.2) is 9.67 Å². The Morgan fingerprint density at radius 3 is 2.12 bits per heavy atom. The third kappa shape index (κ3) is 6.13. The number of ether oxygens (including phenoxy) is 1. The number of alkyl halides is 6. The van der Waals surface area contributed by atoms with Crippen molar-refractivity contribution in [3.8, 4) is 45.1 Å². The molecule has 2 aromatic heterocycles. The van der Waals surface area contributed by atoms with Gasteiger partial charge in [0, 0.05) is 23.2 Å². The van der Waals surface area contributed by atoms with Crippen LogP contribution in [0, 0.1) is 6.92 Å². The number of oxazole rings is 1. The fraction of sp³-hybridized carbons (Fsp3) is 0.200. The molecule has 0 amide bonds. The van der Waals surface area contributed by atoms with Crippen LogP contribution < -0.4 is 4.74 Å². The number of aromatic nitrogens is 3. The zero-order valence-electron chi connectivity index (χ0n) is 22.0. The van der Waals surface area contributed by atoms with E-state index in [1.807, 2.05) is 45.0 Å². The van der Waals surface area contributed by atoms with Crippen LogP contribution in [0.2, 0.25) is 0 Å². The highest BCUT2D eigenvalue weighted by Crippen LogP contribution is 2.40. The first-order valence-corrected chi connectivity index (χ1v) is 12.5. The largest absolute Gasteiger partial charge is 0.573 e. The summed E-state index contributed by atoms with van der Waals surface area (Å²) in [6, 6.07) is 18.9. The van der Waals surface area contributed by atoms with Gasteiger partial charge in [-0.15, -0.1) is 13.2 Å². The molecule has 5 nitrogen and oxygen atoms in total. The van der Waals surface area contributed by atoms with Gasteiger partial charge in [0.2, 0.25) is 0 Å². The van der Waals surface area contributed by atoms with E-state index in [2.05, 4.69) is 14.8 Å². The molecule has 5 rings (SSSR count). The van der Waals surface area contributed by atoms with E-state index in [-0.39, 0.29) is 11.7 Å². The Bertz CT molecular complexity index is 1680. The van der Waals surface area contributed by atoms with Crippen LogP contribution in [-0.4, -0.2) is 21.1 Å². The first-order chi connectivity index (χ1) is 19.3. The van der Waals surface area contributed by atoms with Crippen LogP contribution in [0.4, 0.5) is 26.3 Å². The summed E-state index contributed by atoms with van der Waals surface area (Å²) in [6.45, 7) is 5.65. The van der Waals surface area contributed by atoms with Crippen LogP contribution in [0.3, 0.4) is 0 Å². The number of aryl methyl sites for hydroxylation is 1. The maximum atomic E-state index is 13.4. The third-order valence-electron chi connectivity index (χ3n) is 6.22. The molecule has 0 saturated heterocycles. The first-order valence-electron chi connectivity index (χ1n) is 12.5. The Kier molecular flexibility index (Phi) is 7.14. The first kappa shape index (κ1) is 28.0. The lowest BCUT2D eigenvalue weighted by Crippen LogP contribution is -2.16. The lowest BCUT2D eigenvalue weighted by molar-refractivity contribution is -0.274. The summed E-state index contributed by atoms with van der Waals surface area (Å²) in [7, 11) is 0. The molecule has 0 aliphatic rings. The monoisotopic (exact) mass is 571 g/mol. The van der Waals surface area contributed by atoms with Crippen molar-refractivity contribution >= 4 is 0 Å². The lowest BCUT2D eigenvalue weighted by Gasteiger charge is -2.13. The van der Waals surface area contributed by atoms with Gasteiger partial charge < -0.3 is 9.15 Å². The van der Waals surface area contributed by atoms with Gasteiger partial charge in [-0.3, -0.25) is 0 Å². The molecular formula is C30H23F6N3O2. The van der Waals surface area contributed by atoms with Gasteiger partial charge in [-0.05, 0) is 60.5 Å². The highest BCUT2D eigenvalue weighted by Gasteiger charge is 2.34. The molecule has 0 unspecified atom stereocenters. The van der Waals surface area contributed by atoms with E-state index in [4.69, 9.17) is 4.42 Å². The second-order valence-corrected chi connectivity index (χ2v) is 9.70. The molecule has 0 radical (unpaired) electrons. The molecule has 0 fully saturated rings. The molecule has 2 heterocycles. The Morgan fingerprint density at radius 1 is 0.829 bits per heavy atom. The van der Waals surface area contributed by atoms with E-state index in [1.54, 1.807) is 18.2 Å². The molecular weight excluding hydrogens is 548 g/mol. The number of halogens is 6. The smallest absolute Gasteiger partial charge is 0.440 e. The number of benzene rings is 3. The van der Waals surface area contributed by atoms with E-state index in [0.717, 1.165) is 39.6 Å². The topological polar surface area (TPSA) is 53.1 Å². The molecule has 0 bridgehead atoms. The number of rotatable bonds is 6. The molecule has 0 saturated carbocycles. The van der Waals surface area contributed by atoms with Gasteiger partial charge in [-0.2, -0.15) is 18.3 Å². The minimum atomic E-state index is -4.85. The fourth-order valence-corrected chi connectivity index (χ4v) is 4.31. The zero-order chi connectivity index (χ0) is 29.5. The maximum Gasteiger partial charge on any atom is 0.573 e. The van der Waals surface area contributed by atoms with E-state index < -0.39 is 24.0 Å². The fourth-order valence-electron chi connectivity index (χ4n) is 4.31. The molecule has 0 N–H and O–H groups in total. The molecule has 0 aliphatic heterocycles. The average molecular weight is 572 g/mol. The van der Waals surface area contributed by atoms with Crippen LogP contribution in [0.1, 0.15) is 36.9 Å². The summed E-state index contributed by atoms with van der Waals surface area (Å²) < 4.78 is 89.6. The second kappa shape index (κ2) is 10.5. The van der Waals surface area contributed by atoms with Crippen molar-refractivity contribution in [3.63, 3.8) is 0 Å². The van der Waals surface area contributed by atoms with Crippen molar-refractivity contribution in [1.82, 2.24) is 14.8 Å². The van der Waals surface area contributed by atoms with Gasteiger partial charge >= 0.3 is 12.5 Å². The van der Waals surface area contributed by atoms with Crippen LogP contribution in [0.5, 0.6) is 5.75 Å². The summed E-state index contributed by atoms with van der Waals surface area (Å²) in [5.41, 5.74) is 3.00. The predicted octanol–water partition coefficient (Wildman–Crippen LogP) is 9.21. The van der Waals surface area contributed by atoms with Crippen molar-refractivity contribution in [3.05, 3.63) is 96.1 Å². The Hall–Kier alpha value is -4.54. The minimum Gasteiger partial charge on any atom is -0.440 e. The minimum absolute atomic E-state index is 0.166. The quantitative estimate of drug-likeness (QED) is 0.191. The summed E-state index contributed by atoms with van der Waals surface area (Å²) in [4.78, 5) is 4.62. The molecule has 3 aromatic carbocycles. The summed E-state index contributed by atoms with van der Waals surface area (Å²) >= 11 is 0. The number of nitrogens with zero attached hydrogens (tertiary/aromatic N) is 3. The summed E-state index contributed by atoms with van der Waals surface area (Å²) in [5, 5.41) is 3.75. The van der Waals surface area contributed by atoms with Crippen molar-refractivity contribution in [1.29, 1.82) is 0 Å². The highest BCUT2D eigenvalue weighted by molar-refractivity contribution is 5.85. The van der Waals surface area contributed by atoms with E-state index in [9.17, 15) is 26.3 Å². The van der Waals surface area contributed by atoms with E-state index >= 15 is 0 Å². The molecule has 212 valence electrons. The van der Waals surface area contributed by atoms with Gasteiger partial charge in [0.25, 0.3) is 0 Å². The second-order valence-electron chi connectivity index (χ2n) is 9.70. The third-order valence-corrected chi connectivity index (χ3v) is 6.22. The van der Waals surface area contributed by atoms with Gasteiger partial charge in [-0.1, -0.05) is 49.7 Å². The molecule has 41 heavy (non-hydrogen) atoms. The highest BCUT2D eigenvalue weighted by atomic mass is 19.4. The number of hydrogen-bond donors (Lipinski definition) is 0. The zero-order valence-corrected chi connectivity index (χ0v) is 22.0. The summed E-state index contributed by atoms with van der Waals surface area (Å²) in [6.07, 6.45) is -8.29. The number of hydrogen-bond acceptors (Lipinski definition) is 4. The molecule has 0 atom stereocenters. The van der Waals surface area contributed by atoms with E-state index in [1.165, 1.54) is 18.3 Å². The molecule has 11 heteroatoms. The summed E-state index contributed by atoms with van der Waals surface area (Å²) in [5.74, 6) is -0.00488. The predicted molar refractivity (Wildman–Crippen MR) is 140 cm³/mol. The average Bonchev–Trinajstić information content (AvgIpc) is 3.56. The van der Waals surface area contributed by atoms with Gasteiger partial charge in [0.05, 0.1) is 5.69 Å². The normalized spacial score (nSPS) is 12.2. The van der Waals surface area contributed by atoms with Crippen LogP contribution >= 0.6 is 0 Å². The van der Waals surface area contributed by atoms with E-state index in [0.29, 0.717) is 28.4 Å². The van der Waals surface area contributed by atoms with Crippen LogP contribution in [0.15, 0.2) is 83.4 Å². The molecule has 0 aliphatic carbocycles. The van der Waals surface area contributed by atoms with Crippen molar-refractivity contribution < 1.29 is 35.5 Å². The van der Waals surface area contributed by atoms with Crippen molar-refractivity contribution in [2.75, 3.05) is 0 Å².